The van der Waals surface area contributed by atoms with Crippen LogP contribution in [-0.2, 0) is 14.3 Å². The van der Waals surface area contributed by atoms with Crippen LogP contribution in [0.25, 0.3) is 0 Å². The van der Waals surface area contributed by atoms with Crippen molar-refractivity contribution in [2.24, 2.45) is 46.3 Å². The summed E-state index contributed by atoms with van der Waals surface area (Å²) in [5, 5.41) is 0. The molecule has 0 saturated heterocycles. The summed E-state index contributed by atoms with van der Waals surface area (Å²) in [5.41, 5.74) is 3.04. The number of fused-ring (bicyclic) bond motifs is 4. The Kier molecular flexibility index (Phi) is 6.75. The first-order valence-electron chi connectivity index (χ1n) is 13.6. The average molecular weight is 455 g/mol. The number of carbonyl (C=O) groups excluding carboxylic acids is 2. The van der Waals surface area contributed by atoms with Crippen molar-refractivity contribution >= 4 is 11.8 Å². The lowest BCUT2D eigenvalue weighted by molar-refractivity contribution is -0.152. The molecule has 33 heavy (non-hydrogen) atoms. The highest BCUT2D eigenvalue weighted by Crippen LogP contribution is 2.65. The minimum absolute atomic E-state index is 0.0336. The molecule has 0 unspecified atom stereocenters. The molecule has 0 N–H and O–H groups in total. The van der Waals surface area contributed by atoms with Crippen LogP contribution in [0.15, 0.2) is 23.3 Å². The second kappa shape index (κ2) is 9.00. The zero-order valence-electron chi connectivity index (χ0n) is 22.1. The van der Waals surface area contributed by atoms with Crippen molar-refractivity contribution in [3.05, 3.63) is 23.3 Å². The first-order valence-corrected chi connectivity index (χ1v) is 13.6. The molecule has 4 rings (SSSR count). The van der Waals surface area contributed by atoms with Crippen LogP contribution in [0.5, 0.6) is 0 Å². The second-order valence-electron chi connectivity index (χ2n) is 12.7. The Bertz CT molecular complexity index is 851. The van der Waals surface area contributed by atoms with Gasteiger partial charge in [-0.15, -0.1) is 0 Å². The lowest BCUT2D eigenvalue weighted by Crippen LogP contribution is -2.49. The largest absolute Gasteiger partial charge is 0.463 e. The number of ether oxygens (including phenoxy) is 1. The molecule has 3 saturated carbocycles. The van der Waals surface area contributed by atoms with Gasteiger partial charge in [0.1, 0.15) is 6.10 Å². The van der Waals surface area contributed by atoms with Crippen molar-refractivity contribution in [2.45, 2.75) is 106 Å². The SMILES string of the molecule is CC(=O)O[C@H]1CC[C@@]2(C)[C@@H](CCC3=C4C(=O)C[C@H]([C@H](C)C=C[C@@H](C)C(C)C)[C@@]4(C)CC[C@@H]32)C1. The molecule has 0 aliphatic heterocycles. The Morgan fingerprint density at radius 3 is 2.45 bits per heavy atom. The van der Waals surface area contributed by atoms with Crippen LogP contribution >= 0.6 is 0 Å². The summed E-state index contributed by atoms with van der Waals surface area (Å²) in [4.78, 5) is 25.0. The van der Waals surface area contributed by atoms with E-state index in [-0.39, 0.29) is 22.9 Å². The number of hydrogen-bond acceptors (Lipinski definition) is 3. The fourth-order valence-electron chi connectivity index (χ4n) is 8.14. The smallest absolute Gasteiger partial charge is 0.302 e. The molecule has 0 heterocycles. The van der Waals surface area contributed by atoms with Gasteiger partial charge in [-0.25, -0.2) is 0 Å². The molecule has 0 aromatic carbocycles. The maximum Gasteiger partial charge on any atom is 0.302 e. The fraction of sp³-hybridized carbons (Fsp3) is 0.800. The molecule has 184 valence electrons. The normalized spacial score (nSPS) is 40.4. The summed E-state index contributed by atoms with van der Waals surface area (Å²) in [5.74, 6) is 3.50. The van der Waals surface area contributed by atoms with Gasteiger partial charge in [-0.3, -0.25) is 9.59 Å². The Balaban J connectivity index is 1.59. The first-order chi connectivity index (χ1) is 15.5. The summed E-state index contributed by atoms with van der Waals surface area (Å²) in [6.07, 6.45) is 13.2. The summed E-state index contributed by atoms with van der Waals surface area (Å²) in [6.45, 7) is 15.6. The van der Waals surface area contributed by atoms with Crippen LogP contribution in [0.1, 0.15) is 99.8 Å². The maximum atomic E-state index is 13.5. The average Bonchev–Trinajstić information content (AvgIpc) is 3.02. The molecule has 0 amide bonds. The van der Waals surface area contributed by atoms with Crippen LogP contribution in [-0.4, -0.2) is 17.9 Å². The number of allylic oxidation sites excluding steroid dienone is 4. The molecule has 0 aromatic rings. The maximum absolute atomic E-state index is 13.5. The van der Waals surface area contributed by atoms with E-state index in [1.165, 1.54) is 24.5 Å². The fourth-order valence-corrected chi connectivity index (χ4v) is 8.14. The number of esters is 1. The number of ketones is 1. The van der Waals surface area contributed by atoms with E-state index in [0.29, 0.717) is 41.3 Å². The highest BCUT2D eigenvalue weighted by molar-refractivity contribution is 6.00. The summed E-state index contributed by atoms with van der Waals surface area (Å²) in [6, 6.07) is 0. The monoisotopic (exact) mass is 454 g/mol. The standard InChI is InChI=1S/C30H46O3/c1-18(2)19(3)8-9-20(4)26-17-27(32)28-24-11-10-22-16-23(33-21(5)31)12-14-29(22,6)25(24)13-15-30(26,28)7/h8-9,18-20,22-23,25-26H,10-17H2,1-7H3/t19-,20-,22+,23+,25+,26-,29+,30-/m1/s1. The van der Waals surface area contributed by atoms with Crippen molar-refractivity contribution in [3.8, 4) is 0 Å². The predicted octanol–water partition coefficient (Wildman–Crippen LogP) is 7.30. The molecule has 0 bridgehead atoms. The van der Waals surface area contributed by atoms with E-state index < -0.39 is 0 Å². The molecule has 0 radical (unpaired) electrons. The molecule has 0 spiro atoms. The van der Waals surface area contributed by atoms with Gasteiger partial charge in [-0.05, 0) is 91.3 Å². The molecule has 8 atom stereocenters. The number of hydrogen-bond donors (Lipinski definition) is 0. The Labute approximate surface area is 201 Å². The van der Waals surface area contributed by atoms with Crippen molar-refractivity contribution in [3.63, 3.8) is 0 Å². The Morgan fingerprint density at radius 2 is 1.79 bits per heavy atom. The minimum Gasteiger partial charge on any atom is -0.463 e. The second-order valence-corrected chi connectivity index (χ2v) is 12.7. The Morgan fingerprint density at radius 1 is 1.06 bits per heavy atom. The van der Waals surface area contributed by atoms with Gasteiger partial charge < -0.3 is 4.74 Å². The van der Waals surface area contributed by atoms with Crippen LogP contribution in [0.4, 0.5) is 0 Å². The minimum atomic E-state index is -0.149. The number of rotatable bonds is 5. The third-order valence-corrected chi connectivity index (χ3v) is 10.5. The molecule has 4 aliphatic rings. The lowest BCUT2D eigenvalue weighted by atomic mass is 9.49. The van der Waals surface area contributed by atoms with Crippen LogP contribution in [0.3, 0.4) is 0 Å². The molecule has 4 aliphatic carbocycles. The molecular weight excluding hydrogens is 408 g/mol. The zero-order chi connectivity index (χ0) is 24.1. The molecule has 3 fully saturated rings. The van der Waals surface area contributed by atoms with Gasteiger partial charge >= 0.3 is 5.97 Å². The van der Waals surface area contributed by atoms with Crippen molar-refractivity contribution in [1.82, 2.24) is 0 Å². The van der Waals surface area contributed by atoms with E-state index in [1.54, 1.807) is 0 Å². The third kappa shape index (κ3) is 4.27. The predicted molar refractivity (Wildman–Crippen MR) is 134 cm³/mol. The molecule has 3 nitrogen and oxygen atoms in total. The van der Waals surface area contributed by atoms with E-state index in [1.807, 2.05) is 0 Å². The highest BCUT2D eigenvalue weighted by atomic mass is 16.5. The van der Waals surface area contributed by atoms with E-state index in [0.717, 1.165) is 44.9 Å². The van der Waals surface area contributed by atoms with Crippen molar-refractivity contribution < 1.29 is 14.3 Å². The van der Waals surface area contributed by atoms with Crippen molar-refractivity contribution in [2.75, 3.05) is 0 Å². The van der Waals surface area contributed by atoms with E-state index >= 15 is 0 Å². The molecular formula is C30H46O3. The van der Waals surface area contributed by atoms with Gasteiger partial charge in [0, 0.05) is 18.9 Å². The van der Waals surface area contributed by atoms with Crippen LogP contribution in [0, 0.1) is 46.3 Å². The molecule has 0 aromatic heterocycles. The number of Topliss-reactive ketones (excluding diaryl/α,β-unsaturated/α-hetero) is 1. The van der Waals surface area contributed by atoms with Crippen LogP contribution < -0.4 is 0 Å². The number of carbonyl (C=O) groups is 2. The summed E-state index contributed by atoms with van der Waals surface area (Å²) >= 11 is 0. The van der Waals surface area contributed by atoms with Gasteiger partial charge in [0.05, 0.1) is 0 Å². The Hall–Kier alpha value is -1.38. The van der Waals surface area contributed by atoms with Gasteiger partial charge in [-0.1, -0.05) is 59.3 Å². The van der Waals surface area contributed by atoms with Gasteiger partial charge in [0.2, 0.25) is 0 Å². The van der Waals surface area contributed by atoms with Gasteiger partial charge in [-0.2, -0.15) is 0 Å². The quantitative estimate of drug-likeness (QED) is 0.323. The summed E-state index contributed by atoms with van der Waals surface area (Å²) in [7, 11) is 0. The summed E-state index contributed by atoms with van der Waals surface area (Å²) < 4.78 is 5.61. The topological polar surface area (TPSA) is 43.4 Å². The molecule has 3 heteroatoms. The van der Waals surface area contributed by atoms with Crippen LogP contribution in [0.2, 0.25) is 0 Å². The van der Waals surface area contributed by atoms with Gasteiger partial charge in [0.25, 0.3) is 0 Å². The van der Waals surface area contributed by atoms with E-state index in [4.69, 9.17) is 4.74 Å². The van der Waals surface area contributed by atoms with Gasteiger partial charge in [0.15, 0.2) is 5.78 Å². The zero-order valence-corrected chi connectivity index (χ0v) is 22.1. The van der Waals surface area contributed by atoms with E-state index in [9.17, 15) is 9.59 Å². The first kappa shape index (κ1) is 24.7. The van der Waals surface area contributed by atoms with E-state index in [2.05, 4.69) is 53.7 Å². The lowest BCUT2D eigenvalue weighted by Gasteiger charge is -2.56. The highest BCUT2D eigenvalue weighted by Gasteiger charge is 2.58. The van der Waals surface area contributed by atoms with Crippen molar-refractivity contribution in [1.29, 1.82) is 0 Å². The third-order valence-electron chi connectivity index (χ3n) is 10.5.